The van der Waals surface area contributed by atoms with Gasteiger partial charge in [-0.25, -0.2) is 13.6 Å². The maximum atomic E-state index is 11.3. The highest BCUT2D eigenvalue weighted by Crippen LogP contribution is 2.32. The number of sulfonamides is 1. The molecule has 0 fully saturated rings. The Bertz CT molecular complexity index is 1120. The van der Waals surface area contributed by atoms with Gasteiger partial charge in [0.15, 0.2) is 11.5 Å². The predicted octanol–water partition coefficient (Wildman–Crippen LogP) is 4.33. The van der Waals surface area contributed by atoms with Crippen molar-refractivity contribution in [2.45, 2.75) is 24.5 Å². The molecule has 0 aliphatic rings. The summed E-state index contributed by atoms with van der Waals surface area (Å²) in [5.41, 5.74) is 2.88. The third-order valence-electron chi connectivity index (χ3n) is 4.77. The van der Waals surface area contributed by atoms with Crippen LogP contribution in [-0.4, -0.2) is 22.1 Å². The van der Waals surface area contributed by atoms with Crippen LogP contribution in [0, 0.1) is 0 Å². The molecule has 0 aliphatic carbocycles. The highest BCUT2D eigenvalue weighted by Gasteiger charge is 2.12. The zero-order valence-electron chi connectivity index (χ0n) is 17.6. The Labute approximate surface area is 200 Å². The number of benzene rings is 3. The standard InChI is InChI=1S/C23H25ClN2O4S.ClH/c1-29-22-8-4-6-18(23(22)30-16-19-5-2-3-7-21(19)24)15-26-14-13-17-9-11-20(12-10-17)31(25,27)28;/h2-12,26H,13-16H2,1H3,(H2,25,27,28);1H. The van der Waals surface area contributed by atoms with Gasteiger partial charge in [-0.15, -0.1) is 12.4 Å². The Balaban J connectivity index is 0.00000363. The number of rotatable bonds is 10. The van der Waals surface area contributed by atoms with E-state index in [2.05, 4.69) is 5.32 Å². The molecular formula is C23H26Cl2N2O4S. The molecule has 3 aromatic rings. The first-order chi connectivity index (χ1) is 14.9. The van der Waals surface area contributed by atoms with Crippen molar-refractivity contribution in [2.75, 3.05) is 13.7 Å². The molecule has 0 spiro atoms. The third kappa shape index (κ3) is 7.12. The minimum Gasteiger partial charge on any atom is -0.493 e. The molecule has 0 radical (unpaired) electrons. The molecule has 0 aromatic heterocycles. The van der Waals surface area contributed by atoms with Gasteiger partial charge in [-0.2, -0.15) is 0 Å². The van der Waals surface area contributed by atoms with Crippen LogP contribution in [0.25, 0.3) is 0 Å². The van der Waals surface area contributed by atoms with Gasteiger partial charge in [-0.05, 0) is 42.8 Å². The van der Waals surface area contributed by atoms with Gasteiger partial charge in [-0.3, -0.25) is 0 Å². The number of halogens is 2. The number of nitrogens with two attached hydrogens (primary N) is 1. The second-order valence-corrected chi connectivity index (χ2v) is 8.91. The fourth-order valence-electron chi connectivity index (χ4n) is 3.09. The molecule has 0 aliphatic heterocycles. The summed E-state index contributed by atoms with van der Waals surface area (Å²) >= 11 is 6.24. The van der Waals surface area contributed by atoms with E-state index >= 15 is 0 Å². The van der Waals surface area contributed by atoms with E-state index in [0.717, 1.165) is 23.1 Å². The first-order valence-electron chi connectivity index (χ1n) is 9.73. The summed E-state index contributed by atoms with van der Waals surface area (Å²) in [5, 5.41) is 9.18. The number of hydrogen-bond acceptors (Lipinski definition) is 5. The Morgan fingerprint density at radius 3 is 2.31 bits per heavy atom. The van der Waals surface area contributed by atoms with E-state index in [9.17, 15) is 8.42 Å². The van der Waals surface area contributed by atoms with Crippen LogP contribution in [0.4, 0.5) is 0 Å². The minimum atomic E-state index is -3.67. The Morgan fingerprint density at radius 2 is 1.66 bits per heavy atom. The van der Waals surface area contributed by atoms with Crippen molar-refractivity contribution in [1.29, 1.82) is 0 Å². The van der Waals surface area contributed by atoms with Gasteiger partial charge in [0.1, 0.15) is 6.61 Å². The number of ether oxygens (including phenoxy) is 2. The number of methoxy groups -OCH3 is 1. The highest BCUT2D eigenvalue weighted by atomic mass is 35.5. The van der Waals surface area contributed by atoms with Gasteiger partial charge in [0.25, 0.3) is 0 Å². The quantitative estimate of drug-likeness (QED) is 0.407. The maximum Gasteiger partial charge on any atom is 0.238 e. The van der Waals surface area contributed by atoms with Crippen molar-refractivity contribution in [3.8, 4) is 11.5 Å². The van der Waals surface area contributed by atoms with E-state index in [1.807, 2.05) is 42.5 Å². The summed E-state index contributed by atoms with van der Waals surface area (Å²) in [4.78, 5) is 0.112. The van der Waals surface area contributed by atoms with Gasteiger partial charge < -0.3 is 14.8 Å². The molecule has 32 heavy (non-hydrogen) atoms. The second-order valence-electron chi connectivity index (χ2n) is 6.94. The second kappa shape index (κ2) is 12.1. The zero-order chi connectivity index (χ0) is 22.3. The first kappa shape index (κ1) is 26.0. The molecule has 3 N–H and O–H groups in total. The summed E-state index contributed by atoms with van der Waals surface area (Å²) < 4.78 is 34.2. The van der Waals surface area contributed by atoms with Crippen molar-refractivity contribution in [3.63, 3.8) is 0 Å². The van der Waals surface area contributed by atoms with E-state index < -0.39 is 10.0 Å². The fraction of sp³-hybridized carbons (Fsp3) is 0.217. The van der Waals surface area contributed by atoms with Crippen LogP contribution >= 0.6 is 24.0 Å². The molecule has 0 unspecified atom stereocenters. The summed E-state index contributed by atoms with van der Waals surface area (Å²) in [6, 6.07) is 19.9. The third-order valence-corrected chi connectivity index (χ3v) is 6.07. The Kier molecular flexibility index (Phi) is 9.81. The minimum absolute atomic E-state index is 0. The topological polar surface area (TPSA) is 90.6 Å². The first-order valence-corrected chi connectivity index (χ1v) is 11.7. The van der Waals surface area contributed by atoms with Crippen LogP contribution in [0.15, 0.2) is 71.6 Å². The van der Waals surface area contributed by atoms with Crippen molar-refractivity contribution in [3.05, 3.63) is 88.4 Å². The van der Waals surface area contributed by atoms with Gasteiger partial charge in [0.2, 0.25) is 10.0 Å². The van der Waals surface area contributed by atoms with Crippen molar-refractivity contribution < 1.29 is 17.9 Å². The lowest BCUT2D eigenvalue weighted by atomic mass is 10.1. The summed E-state index contributed by atoms with van der Waals surface area (Å²) in [5.74, 6) is 1.33. The normalized spacial score (nSPS) is 11.0. The molecule has 0 heterocycles. The predicted molar refractivity (Wildman–Crippen MR) is 129 cm³/mol. The van der Waals surface area contributed by atoms with E-state index in [1.165, 1.54) is 12.1 Å². The SMILES string of the molecule is COc1cccc(CNCCc2ccc(S(N)(=O)=O)cc2)c1OCc1ccccc1Cl.Cl. The molecule has 9 heteroatoms. The number of nitrogens with one attached hydrogen (secondary N) is 1. The largest absolute Gasteiger partial charge is 0.493 e. The summed E-state index contributed by atoms with van der Waals surface area (Å²) in [7, 11) is -2.06. The zero-order valence-corrected chi connectivity index (χ0v) is 20.0. The average Bonchev–Trinajstić information content (AvgIpc) is 2.76. The highest BCUT2D eigenvalue weighted by molar-refractivity contribution is 7.89. The Hall–Kier alpha value is -2.29. The van der Waals surface area contributed by atoms with Gasteiger partial charge >= 0.3 is 0 Å². The number of primary sulfonamides is 1. The van der Waals surface area contributed by atoms with Crippen LogP contribution in [-0.2, 0) is 29.6 Å². The monoisotopic (exact) mass is 496 g/mol. The number of hydrogen-bond donors (Lipinski definition) is 2. The van der Waals surface area contributed by atoms with Gasteiger partial charge in [0.05, 0.1) is 12.0 Å². The summed E-state index contributed by atoms with van der Waals surface area (Å²) in [6.07, 6.45) is 0.741. The van der Waals surface area contributed by atoms with Gasteiger partial charge in [-0.1, -0.05) is 54.1 Å². The van der Waals surface area contributed by atoms with Crippen molar-refractivity contribution in [2.24, 2.45) is 5.14 Å². The molecule has 0 amide bonds. The summed E-state index contributed by atoms with van der Waals surface area (Å²) in [6.45, 7) is 1.63. The van der Waals surface area contributed by atoms with E-state index in [0.29, 0.717) is 36.2 Å². The lowest BCUT2D eigenvalue weighted by molar-refractivity contribution is 0.280. The Morgan fingerprint density at radius 1 is 0.969 bits per heavy atom. The average molecular weight is 497 g/mol. The van der Waals surface area contributed by atoms with Crippen LogP contribution in [0.2, 0.25) is 5.02 Å². The molecule has 0 saturated heterocycles. The smallest absolute Gasteiger partial charge is 0.238 e. The van der Waals surface area contributed by atoms with Crippen molar-refractivity contribution in [1.82, 2.24) is 5.32 Å². The number of para-hydroxylation sites is 1. The van der Waals surface area contributed by atoms with E-state index in [-0.39, 0.29) is 17.3 Å². The van der Waals surface area contributed by atoms with Crippen LogP contribution in [0.5, 0.6) is 11.5 Å². The molecular weight excluding hydrogens is 471 g/mol. The molecule has 0 saturated carbocycles. The van der Waals surface area contributed by atoms with Crippen LogP contribution < -0.4 is 19.9 Å². The molecule has 3 rings (SSSR count). The molecule has 0 atom stereocenters. The molecule has 3 aromatic carbocycles. The molecule has 0 bridgehead atoms. The molecule has 6 nitrogen and oxygen atoms in total. The fourth-order valence-corrected chi connectivity index (χ4v) is 3.80. The van der Waals surface area contributed by atoms with Gasteiger partial charge in [0, 0.05) is 22.7 Å². The van der Waals surface area contributed by atoms with Crippen LogP contribution in [0.1, 0.15) is 16.7 Å². The van der Waals surface area contributed by atoms with Crippen LogP contribution in [0.3, 0.4) is 0 Å². The lowest BCUT2D eigenvalue weighted by Gasteiger charge is -2.16. The van der Waals surface area contributed by atoms with E-state index in [4.69, 9.17) is 26.2 Å². The molecule has 172 valence electrons. The van der Waals surface area contributed by atoms with Crippen molar-refractivity contribution >= 4 is 34.0 Å². The lowest BCUT2D eigenvalue weighted by Crippen LogP contribution is -2.17. The van der Waals surface area contributed by atoms with E-state index in [1.54, 1.807) is 19.2 Å². The maximum absolute atomic E-state index is 11.3.